The molecule has 0 aromatic rings. The molecule has 0 aromatic heterocycles. The molecule has 1 fully saturated rings. The number of hydrogen-bond acceptors (Lipinski definition) is 2. The van der Waals surface area contributed by atoms with E-state index < -0.39 is 0 Å². The van der Waals surface area contributed by atoms with Crippen molar-refractivity contribution in [3.05, 3.63) is 0 Å². The molecule has 2 heteroatoms. The molecule has 0 aliphatic heterocycles. The van der Waals surface area contributed by atoms with Crippen LogP contribution in [0.25, 0.3) is 0 Å². The normalized spacial score (nSPS) is 23.4. The van der Waals surface area contributed by atoms with Gasteiger partial charge >= 0.3 is 0 Å². The number of nitrogens with two attached hydrogens (primary N) is 1. The van der Waals surface area contributed by atoms with Crippen LogP contribution in [0, 0.1) is 5.92 Å². The van der Waals surface area contributed by atoms with Crippen LogP contribution in [0.15, 0.2) is 0 Å². The zero-order valence-corrected chi connectivity index (χ0v) is 13.4. The van der Waals surface area contributed by atoms with Crippen LogP contribution in [-0.2, 0) is 0 Å². The average molecular weight is 268 g/mol. The second kappa shape index (κ2) is 10.7. The smallest absolute Gasteiger partial charge is 0.0132 e. The highest BCUT2D eigenvalue weighted by atomic mass is 15.1. The van der Waals surface area contributed by atoms with Crippen molar-refractivity contribution in [1.82, 2.24) is 4.90 Å². The lowest BCUT2D eigenvalue weighted by molar-refractivity contribution is 0.196. The summed E-state index contributed by atoms with van der Waals surface area (Å²) in [6.07, 6.45) is 15.4. The molecule has 2 N–H and O–H groups in total. The zero-order chi connectivity index (χ0) is 13.9. The molecule has 0 bridgehead atoms. The van der Waals surface area contributed by atoms with E-state index in [1.807, 2.05) is 0 Å². The molecule has 0 saturated heterocycles. The highest BCUT2D eigenvalue weighted by molar-refractivity contribution is 4.84. The van der Waals surface area contributed by atoms with Crippen molar-refractivity contribution in [2.24, 2.45) is 11.7 Å². The molecule has 0 heterocycles. The first-order valence-corrected chi connectivity index (χ1v) is 8.70. The molecule has 0 radical (unpaired) electrons. The van der Waals surface area contributed by atoms with Crippen LogP contribution in [0.2, 0.25) is 0 Å². The number of unbranched alkanes of at least 4 members (excludes halogenated alkanes) is 7. The van der Waals surface area contributed by atoms with Crippen molar-refractivity contribution >= 4 is 0 Å². The van der Waals surface area contributed by atoms with E-state index in [0.29, 0.717) is 0 Å². The molecule has 1 aliphatic carbocycles. The van der Waals surface area contributed by atoms with Gasteiger partial charge in [0, 0.05) is 6.04 Å². The average Bonchev–Trinajstić information content (AvgIpc) is 2.90. The van der Waals surface area contributed by atoms with Crippen LogP contribution in [0.5, 0.6) is 0 Å². The Bertz CT molecular complexity index is 205. The number of hydrogen-bond donors (Lipinski definition) is 1. The highest BCUT2D eigenvalue weighted by Gasteiger charge is 2.28. The van der Waals surface area contributed by atoms with E-state index in [2.05, 4.69) is 18.9 Å². The van der Waals surface area contributed by atoms with Gasteiger partial charge in [0.2, 0.25) is 0 Å². The molecule has 0 aromatic carbocycles. The van der Waals surface area contributed by atoms with Gasteiger partial charge in [0.25, 0.3) is 0 Å². The fourth-order valence-electron chi connectivity index (χ4n) is 3.53. The van der Waals surface area contributed by atoms with Crippen molar-refractivity contribution < 1.29 is 0 Å². The third-order valence-electron chi connectivity index (χ3n) is 4.85. The van der Waals surface area contributed by atoms with Gasteiger partial charge in [-0.15, -0.1) is 0 Å². The minimum Gasteiger partial charge on any atom is -0.330 e. The molecule has 0 spiro atoms. The lowest BCUT2D eigenvalue weighted by atomic mass is 10.0. The maximum atomic E-state index is 5.87. The highest BCUT2D eigenvalue weighted by Crippen LogP contribution is 2.28. The third kappa shape index (κ3) is 6.76. The van der Waals surface area contributed by atoms with Crippen LogP contribution in [0.4, 0.5) is 0 Å². The van der Waals surface area contributed by atoms with E-state index in [4.69, 9.17) is 5.73 Å². The summed E-state index contributed by atoms with van der Waals surface area (Å²) in [6, 6.07) is 0.773. The van der Waals surface area contributed by atoms with Crippen molar-refractivity contribution in [1.29, 1.82) is 0 Å². The van der Waals surface area contributed by atoms with E-state index in [1.54, 1.807) is 0 Å². The van der Waals surface area contributed by atoms with E-state index in [0.717, 1.165) is 18.5 Å². The van der Waals surface area contributed by atoms with Gasteiger partial charge in [0.15, 0.2) is 0 Å². The first kappa shape index (κ1) is 17.0. The monoisotopic (exact) mass is 268 g/mol. The minimum absolute atomic E-state index is 0.763. The summed E-state index contributed by atoms with van der Waals surface area (Å²) >= 11 is 0. The summed E-state index contributed by atoms with van der Waals surface area (Å²) in [4.78, 5) is 2.58. The number of rotatable bonds is 11. The molecule has 114 valence electrons. The first-order chi connectivity index (χ1) is 9.29. The summed E-state index contributed by atoms with van der Waals surface area (Å²) in [7, 11) is 2.31. The van der Waals surface area contributed by atoms with Crippen LogP contribution < -0.4 is 5.73 Å². The second-order valence-electron chi connectivity index (χ2n) is 6.45. The molecule has 1 aliphatic rings. The standard InChI is InChI=1S/C17H36N2/c1-3-4-5-6-7-8-9-10-14-19(2)17-13-11-12-16(17)15-18/h16-17H,3-15,18H2,1-2H3. The fourth-order valence-corrected chi connectivity index (χ4v) is 3.53. The maximum absolute atomic E-state index is 5.87. The zero-order valence-electron chi connectivity index (χ0n) is 13.4. The van der Waals surface area contributed by atoms with Gasteiger partial charge in [-0.1, -0.05) is 58.3 Å². The Balaban J connectivity index is 1.96. The largest absolute Gasteiger partial charge is 0.330 e. The van der Waals surface area contributed by atoms with Gasteiger partial charge < -0.3 is 10.6 Å². The molecular weight excluding hydrogens is 232 g/mol. The predicted molar refractivity (Wildman–Crippen MR) is 85.4 cm³/mol. The molecule has 2 nitrogen and oxygen atoms in total. The molecule has 2 unspecified atom stereocenters. The molecular formula is C17H36N2. The molecule has 19 heavy (non-hydrogen) atoms. The maximum Gasteiger partial charge on any atom is 0.0132 e. The van der Waals surface area contributed by atoms with Crippen LogP contribution in [0.1, 0.15) is 77.6 Å². The van der Waals surface area contributed by atoms with Crippen molar-refractivity contribution in [2.45, 2.75) is 83.6 Å². The lowest BCUT2D eigenvalue weighted by Gasteiger charge is -2.29. The predicted octanol–water partition coefficient (Wildman–Crippen LogP) is 4.19. The van der Waals surface area contributed by atoms with Gasteiger partial charge in [-0.25, -0.2) is 0 Å². The van der Waals surface area contributed by atoms with Crippen LogP contribution in [-0.4, -0.2) is 31.1 Å². The molecule has 0 amide bonds. The minimum atomic E-state index is 0.763. The summed E-state index contributed by atoms with van der Waals surface area (Å²) in [5, 5.41) is 0. The van der Waals surface area contributed by atoms with Crippen LogP contribution in [0.3, 0.4) is 0 Å². The Labute approximate surface area is 121 Å². The third-order valence-corrected chi connectivity index (χ3v) is 4.85. The molecule has 1 saturated carbocycles. The Hall–Kier alpha value is -0.0800. The van der Waals surface area contributed by atoms with Gasteiger partial charge in [-0.2, -0.15) is 0 Å². The Morgan fingerprint density at radius 3 is 2.21 bits per heavy atom. The van der Waals surface area contributed by atoms with E-state index in [1.165, 1.54) is 77.2 Å². The quantitative estimate of drug-likeness (QED) is 0.569. The molecule has 1 rings (SSSR count). The number of nitrogens with zero attached hydrogens (tertiary/aromatic N) is 1. The van der Waals surface area contributed by atoms with Gasteiger partial charge in [-0.05, 0) is 45.3 Å². The summed E-state index contributed by atoms with van der Waals surface area (Å²) in [5.74, 6) is 0.763. The SMILES string of the molecule is CCCCCCCCCCN(C)C1CCCC1CN. The van der Waals surface area contributed by atoms with E-state index in [9.17, 15) is 0 Å². The summed E-state index contributed by atoms with van der Waals surface area (Å²) < 4.78 is 0. The van der Waals surface area contributed by atoms with E-state index in [-0.39, 0.29) is 0 Å². The van der Waals surface area contributed by atoms with Gasteiger partial charge in [0.1, 0.15) is 0 Å². The Morgan fingerprint density at radius 2 is 1.58 bits per heavy atom. The topological polar surface area (TPSA) is 29.3 Å². The first-order valence-electron chi connectivity index (χ1n) is 8.70. The lowest BCUT2D eigenvalue weighted by Crippen LogP contribution is -2.38. The van der Waals surface area contributed by atoms with Gasteiger partial charge in [-0.3, -0.25) is 0 Å². The molecule has 2 atom stereocenters. The Kier molecular flexibility index (Phi) is 9.54. The van der Waals surface area contributed by atoms with E-state index >= 15 is 0 Å². The fraction of sp³-hybridized carbons (Fsp3) is 1.00. The van der Waals surface area contributed by atoms with Crippen molar-refractivity contribution in [2.75, 3.05) is 20.1 Å². The Morgan fingerprint density at radius 1 is 0.947 bits per heavy atom. The second-order valence-corrected chi connectivity index (χ2v) is 6.45. The summed E-state index contributed by atoms with van der Waals surface area (Å²) in [5.41, 5.74) is 5.87. The van der Waals surface area contributed by atoms with Gasteiger partial charge in [0.05, 0.1) is 0 Å². The van der Waals surface area contributed by atoms with Crippen molar-refractivity contribution in [3.63, 3.8) is 0 Å². The van der Waals surface area contributed by atoms with Crippen molar-refractivity contribution in [3.8, 4) is 0 Å². The van der Waals surface area contributed by atoms with Crippen LogP contribution >= 0.6 is 0 Å². The summed E-state index contributed by atoms with van der Waals surface area (Å²) in [6.45, 7) is 4.44.